The van der Waals surface area contributed by atoms with Crippen molar-refractivity contribution >= 4 is 26.9 Å². The highest BCUT2D eigenvalue weighted by atomic mass is 32.2. The predicted octanol–water partition coefficient (Wildman–Crippen LogP) is 4.41. The topological polar surface area (TPSA) is 75.2 Å². The molecule has 3 aromatic rings. The van der Waals surface area contributed by atoms with Crippen LogP contribution in [-0.4, -0.2) is 36.9 Å². The molecular weight excluding hydrogens is 447 g/mol. The Balaban J connectivity index is 1.46. The van der Waals surface area contributed by atoms with E-state index in [1.165, 1.54) is 36.3 Å². The van der Waals surface area contributed by atoms with Gasteiger partial charge in [-0.25, -0.2) is 22.8 Å². The number of nitrogens with zero attached hydrogens (tertiary/aromatic N) is 3. The number of hydrogen-bond acceptors (Lipinski definition) is 7. The van der Waals surface area contributed by atoms with Crippen molar-refractivity contribution in [2.24, 2.45) is 5.92 Å². The number of thiazole rings is 1. The number of rotatable bonds is 10. The van der Waals surface area contributed by atoms with E-state index >= 15 is 0 Å². The minimum atomic E-state index is -3.58. The summed E-state index contributed by atoms with van der Waals surface area (Å²) in [5.74, 6) is 0.347. The van der Waals surface area contributed by atoms with E-state index < -0.39 is 9.84 Å². The standard InChI is InChI=1S/C23H27FN4O2S2/c1-16-22(8-9-23(27-16)32(29,30)14-19-13-31-15-26-19)25-10-20-18(4-3-5-21(20)24)12-28(2)11-17-6-7-17/h3-5,8-9,13,15,17,25H,6-7,10-12,14H2,1-2H3. The summed E-state index contributed by atoms with van der Waals surface area (Å²) in [5.41, 5.74) is 4.92. The molecule has 1 saturated carbocycles. The van der Waals surface area contributed by atoms with Crippen molar-refractivity contribution in [3.63, 3.8) is 0 Å². The molecule has 32 heavy (non-hydrogen) atoms. The molecule has 2 heterocycles. The molecule has 1 aliphatic carbocycles. The van der Waals surface area contributed by atoms with Gasteiger partial charge in [-0.1, -0.05) is 12.1 Å². The zero-order valence-electron chi connectivity index (χ0n) is 18.2. The number of benzene rings is 1. The smallest absolute Gasteiger partial charge is 0.201 e. The van der Waals surface area contributed by atoms with Crippen LogP contribution >= 0.6 is 11.3 Å². The maximum Gasteiger partial charge on any atom is 0.201 e. The maximum atomic E-state index is 14.6. The van der Waals surface area contributed by atoms with Crippen LogP contribution in [0.25, 0.3) is 0 Å². The van der Waals surface area contributed by atoms with E-state index in [9.17, 15) is 12.8 Å². The molecule has 0 amide bonds. The van der Waals surface area contributed by atoms with Crippen LogP contribution < -0.4 is 5.32 Å². The minimum Gasteiger partial charge on any atom is -0.379 e. The van der Waals surface area contributed by atoms with Gasteiger partial charge in [0.1, 0.15) is 5.82 Å². The van der Waals surface area contributed by atoms with Gasteiger partial charge in [-0.15, -0.1) is 11.3 Å². The summed E-state index contributed by atoms with van der Waals surface area (Å²) < 4.78 is 39.9. The van der Waals surface area contributed by atoms with Gasteiger partial charge in [-0.3, -0.25) is 0 Å². The Morgan fingerprint density at radius 1 is 1.25 bits per heavy atom. The Kier molecular flexibility index (Phi) is 6.88. The summed E-state index contributed by atoms with van der Waals surface area (Å²) in [6.07, 6.45) is 2.56. The van der Waals surface area contributed by atoms with Gasteiger partial charge in [0, 0.05) is 30.6 Å². The maximum absolute atomic E-state index is 14.6. The third-order valence-corrected chi connectivity index (χ3v) is 7.75. The number of aromatic nitrogens is 2. The normalized spacial score (nSPS) is 14.1. The summed E-state index contributed by atoms with van der Waals surface area (Å²) in [6.45, 7) is 3.77. The fourth-order valence-electron chi connectivity index (χ4n) is 3.71. The second kappa shape index (κ2) is 9.64. The van der Waals surface area contributed by atoms with Crippen molar-refractivity contribution in [1.29, 1.82) is 0 Å². The van der Waals surface area contributed by atoms with Gasteiger partial charge in [0.15, 0.2) is 5.03 Å². The van der Waals surface area contributed by atoms with Crippen LogP contribution in [-0.2, 0) is 28.7 Å². The molecule has 0 unspecified atom stereocenters. The number of hydrogen-bond donors (Lipinski definition) is 1. The van der Waals surface area contributed by atoms with Crippen LogP contribution in [0, 0.1) is 18.7 Å². The highest BCUT2D eigenvalue weighted by molar-refractivity contribution is 7.90. The number of aryl methyl sites for hydroxylation is 1. The third-order valence-electron chi connectivity index (χ3n) is 5.58. The fraction of sp³-hybridized carbons (Fsp3) is 0.391. The average Bonchev–Trinajstić information content (AvgIpc) is 3.40. The van der Waals surface area contributed by atoms with E-state index in [1.807, 2.05) is 6.07 Å². The van der Waals surface area contributed by atoms with Gasteiger partial charge in [-0.2, -0.15) is 0 Å². The van der Waals surface area contributed by atoms with Crippen LogP contribution in [0.4, 0.5) is 10.1 Å². The fourth-order valence-corrected chi connectivity index (χ4v) is 5.62. The molecule has 1 aliphatic rings. The number of pyridine rings is 1. The van der Waals surface area contributed by atoms with Gasteiger partial charge in [0.25, 0.3) is 0 Å². The summed E-state index contributed by atoms with van der Waals surface area (Å²) >= 11 is 1.36. The molecule has 0 spiro atoms. The highest BCUT2D eigenvalue weighted by Gasteiger charge is 2.23. The summed E-state index contributed by atoms with van der Waals surface area (Å²) in [7, 11) is -1.51. The second-order valence-corrected chi connectivity index (χ2v) is 11.0. The lowest BCUT2D eigenvalue weighted by Crippen LogP contribution is -2.22. The van der Waals surface area contributed by atoms with E-state index in [0.717, 1.165) is 18.0 Å². The molecule has 1 aromatic carbocycles. The van der Waals surface area contributed by atoms with Crippen LogP contribution in [0.15, 0.2) is 46.2 Å². The van der Waals surface area contributed by atoms with Crippen LogP contribution in [0.2, 0.25) is 0 Å². The largest absolute Gasteiger partial charge is 0.379 e. The lowest BCUT2D eigenvalue weighted by Gasteiger charge is -2.20. The van der Waals surface area contributed by atoms with Crippen molar-refractivity contribution < 1.29 is 12.8 Å². The first kappa shape index (κ1) is 22.8. The zero-order valence-corrected chi connectivity index (χ0v) is 19.8. The van der Waals surface area contributed by atoms with Crippen molar-refractivity contribution in [1.82, 2.24) is 14.9 Å². The van der Waals surface area contributed by atoms with E-state index in [1.54, 1.807) is 29.9 Å². The molecule has 4 rings (SSSR count). The first-order chi connectivity index (χ1) is 15.3. The Morgan fingerprint density at radius 2 is 2.06 bits per heavy atom. The Bertz CT molecular complexity index is 1180. The third kappa shape index (κ3) is 5.70. The first-order valence-electron chi connectivity index (χ1n) is 10.6. The molecule has 0 bridgehead atoms. The quantitative estimate of drug-likeness (QED) is 0.469. The summed E-state index contributed by atoms with van der Waals surface area (Å²) in [6, 6.07) is 8.36. The molecule has 9 heteroatoms. The molecule has 170 valence electrons. The Morgan fingerprint density at radius 3 is 2.75 bits per heavy atom. The zero-order chi connectivity index (χ0) is 22.7. The lowest BCUT2D eigenvalue weighted by atomic mass is 10.1. The van der Waals surface area contributed by atoms with Crippen LogP contribution in [0.5, 0.6) is 0 Å². The lowest BCUT2D eigenvalue weighted by molar-refractivity contribution is 0.311. The van der Waals surface area contributed by atoms with E-state index in [-0.39, 0.29) is 16.6 Å². The minimum absolute atomic E-state index is 0.0156. The van der Waals surface area contributed by atoms with Gasteiger partial charge in [0.05, 0.1) is 28.3 Å². The SMILES string of the molecule is Cc1nc(S(=O)(=O)Cc2cscn2)ccc1NCc1c(F)cccc1CN(C)CC1CC1. The Labute approximate surface area is 192 Å². The van der Waals surface area contributed by atoms with Gasteiger partial charge >= 0.3 is 0 Å². The number of halogens is 1. The van der Waals surface area contributed by atoms with Crippen molar-refractivity contribution in [3.8, 4) is 0 Å². The number of sulfone groups is 1. The molecule has 0 radical (unpaired) electrons. The van der Waals surface area contributed by atoms with Crippen molar-refractivity contribution in [2.75, 3.05) is 18.9 Å². The highest BCUT2D eigenvalue weighted by Crippen LogP contribution is 2.30. The summed E-state index contributed by atoms with van der Waals surface area (Å²) in [4.78, 5) is 10.6. The van der Waals surface area contributed by atoms with E-state index in [0.29, 0.717) is 35.7 Å². The van der Waals surface area contributed by atoms with Crippen LogP contribution in [0.1, 0.15) is 35.4 Å². The first-order valence-corrected chi connectivity index (χ1v) is 13.2. The molecule has 1 fully saturated rings. The molecular formula is C23H27FN4O2S2. The number of nitrogens with one attached hydrogen (secondary N) is 1. The molecule has 6 nitrogen and oxygen atoms in total. The molecule has 1 N–H and O–H groups in total. The second-order valence-electron chi connectivity index (χ2n) is 8.39. The molecule has 0 saturated heterocycles. The van der Waals surface area contributed by atoms with Gasteiger partial charge in [-0.05, 0) is 56.5 Å². The predicted molar refractivity (Wildman–Crippen MR) is 125 cm³/mol. The van der Waals surface area contributed by atoms with Gasteiger partial charge < -0.3 is 10.2 Å². The number of anilines is 1. The van der Waals surface area contributed by atoms with Crippen molar-refractivity contribution in [2.45, 2.75) is 43.6 Å². The molecule has 0 aliphatic heterocycles. The average molecular weight is 475 g/mol. The van der Waals surface area contributed by atoms with Gasteiger partial charge in [0.2, 0.25) is 9.84 Å². The van der Waals surface area contributed by atoms with E-state index in [4.69, 9.17) is 0 Å². The summed E-state index contributed by atoms with van der Waals surface area (Å²) in [5, 5.41) is 4.97. The van der Waals surface area contributed by atoms with E-state index in [2.05, 4.69) is 27.2 Å². The molecule has 2 aromatic heterocycles. The monoisotopic (exact) mass is 474 g/mol. The molecule has 0 atom stereocenters. The van der Waals surface area contributed by atoms with Crippen LogP contribution in [0.3, 0.4) is 0 Å². The Hall–Kier alpha value is -2.36. The van der Waals surface area contributed by atoms with Crippen molar-refractivity contribution in [3.05, 3.63) is 69.6 Å².